The van der Waals surface area contributed by atoms with Gasteiger partial charge in [0, 0.05) is 17.3 Å². The average molecular weight is 347 g/mol. The molecule has 8 heteroatoms. The van der Waals surface area contributed by atoms with Crippen LogP contribution in [0.15, 0.2) is 55.0 Å². The van der Waals surface area contributed by atoms with Gasteiger partial charge in [-0.3, -0.25) is 0 Å². The van der Waals surface area contributed by atoms with Crippen molar-refractivity contribution in [2.75, 3.05) is 7.11 Å². The molecule has 0 fully saturated rings. The van der Waals surface area contributed by atoms with Crippen LogP contribution in [0.2, 0.25) is 0 Å². The lowest BCUT2D eigenvalue weighted by Gasteiger charge is -2.12. The molecule has 5 nitrogen and oxygen atoms in total. The number of hydrogen-bond acceptors (Lipinski definition) is 5. The molecule has 0 saturated heterocycles. The normalized spacial score (nSPS) is 11.2. The molecule has 0 N–H and O–H groups in total. The molecule has 0 amide bonds. The first-order chi connectivity index (χ1) is 12.0. The lowest BCUT2D eigenvalue weighted by Crippen LogP contribution is -2.10. The molecule has 1 aromatic carbocycles. The zero-order chi connectivity index (χ0) is 17.9. The summed E-state index contributed by atoms with van der Waals surface area (Å²) in [7, 11) is 1.54. The van der Waals surface area contributed by atoms with Crippen LogP contribution in [-0.4, -0.2) is 22.1 Å². The predicted molar refractivity (Wildman–Crippen MR) is 83.3 cm³/mol. The van der Waals surface area contributed by atoms with Gasteiger partial charge in [-0.1, -0.05) is 18.2 Å². The highest BCUT2D eigenvalue weighted by molar-refractivity contribution is 5.74. The van der Waals surface area contributed by atoms with Crippen LogP contribution >= 0.6 is 0 Å². The van der Waals surface area contributed by atoms with Crippen LogP contribution in [-0.2, 0) is 6.18 Å². The van der Waals surface area contributed by atoms with E-state index in [4.69, 9.17) is 9.47 Å². The summed E-state index contributed by atoms with van der Waals surface area (Å²) in [5, 5.41) is 0. The standard InChI is InChI=1S/C17H12F3N3O2/c1-24-14-7-3-2-5-12(14)13-6-4-8-21-15(13)25-11-9-22-16(23-10-11)17(18,19)20/h2-10H,1H3. The number of benzene rings is 1. The number of halogens is 3. The molecule has 3 aromatic rings. The maximum atomic E-state index is 12.5. The van der Waals surface area contributed by atoms with Crippen molar-refractivity contribution in [1.82, 2.24) is 15.0 Å². The van der Waals surface area contributed by atoms with Crippen LogP contribution < -0.4 is 9.47 Å². The summed E-state index contributed by atoms with van der Waals surface area (Å²) < 4.78 is 48.5. The first-order valence-electron chi connectivity index (χ1n) is 7.14. The fraction of sp³-hybridized carbons (Fsp3) is 0.118. The zero-order valence-corrected chi connectivity index (χ0v) is 13.0. The first kappa shape index (κ1) is 16.7. The van der Waals surface area contributed by atoms with Crippen molar-refractivity contribution in [2.45, 2.75) is 6.18 Å². The van der Waals surface area contributed by atoms with E-state index in [9.17, 15) is 13.2 Å². The van der Waals surface area contributed by atoms with Crippen LogP contribution in [0.1, 0.15) is 5.82 Å². The minimum atomic E-state index is -4.61. The van der Waals surface area contributed by atoms with Crippen molar-refractivity contribution in [3.05, 3.63) is 60.8 Å². The highest BCUT2D eigenvalue weighted by atomic mass is 19.4. The van der Waals surface area contributed by atoms with Gasteiger partial charge < -0.3 is 9.47 Å². The van der Waals surface area contributed by atoms with E-state index in [1.54, 1.807) is 25.3 Å². The largest absolute Gasteiger partial charge is 0.496 e. The zero-order valence-electron chi connectivity index (χ0n) is 13.0. The van der Waals surface area contributed by atoms with Crippen LogP contribution in [0, 0.1) is 0 Å². The van der Waals surface area contributed by atoms with E-state index in [0.29, 0.717) is 11.3 Å². The summed E-state index contributed by atoms with van der Waals surface area (Å²) >= 11 is 0. The highest BCUT2D eigenvalue weighted by Crippen LogP contribution is 2.36. The summed E-state index contributed by atoms with van der Waals surface area (Å²) in [4.78, 5) is 10.7. The second-order valence-corrected chi connectivity index (χ2v) is 4.90. The molecule has 128 valence electrons. The van der Waals surface area contributed by atoms with Crippen molar-refractivity contribution in [3.8, 4) is 28.5 Å². The van der Waals surface area contributed by atoms with E-state index in [2.05, 4.69) is 15.0 Å². The summed E-state index contributed by atoms with van der Waals surface area (Å²) in [5.41, 5.74) is 1.36. The third-order valence-electron chi connectivity index (χ3n) is 3.26. The second-order valence-electron chi connectivity index (χ2n) is 4.90. The molecule has 2 aromatic heterocycles. The molecule has 0 aliphatic rings. The van der Waals surface area contributed by atoms with Crippen molar-refractivity contribution in [2.24, 2.45) is 0 Å². The van der Waals surface area contributed by atoms with Gasteiger partial charge >= 0.3 is 6.18 Å². The van der Waals surface area contributed by atoms with Crippen LogP contribution in [0.3, 0.4) is 0 Å². The van der Waals surface area contributed by atoms with E-state index in [-0.39, 0.29) is 11.6 Å². The van der Waals surface area contributed by atoms with Gasteiger partial charge in [0.15, 0.2) is 5.75 Å². The van der Waals surface area contributed by atoms with E-state index < -0.39 is 12.0 Å². The molecule has 2 heterocycles. The molecular weight excluding hydrogens is 335 g/mol. The molecule has 0 aliphatic carbocycles. The van der Waals surface area contributed by atoms with E-state index in [0.717, 1.165) is 18.0 Å². The molecule has 0 bridgehead atoms. The van der Waals surface area contributed by atoms with Crippen molar-refractivity contribution < 1.29 is 22.6 Å². The highest BCUT2D eigenvalue weighted by Gasteiger charge is 2.34. The number of pyridine rings is 1. The number of aromatic nitrogens is 3. The number of hydrogen-bond donors (Lipinski definition) is 0. The van der Waals surface area contributed by atoms with Crippen LogP contribution in [0.5, 0.6) is 17.4 Å². The number of methoxy groups -OCH3 is 1. The Kier molecular flexibility index (Phi) is 4.51. The van der Waals surface area contributed by atoms with E-state index >= 15 is 0 Å². The molecule has 25 heavy (non-hydrogen) atoms. The number of rotatable bonds is 4. The third kappa shape index (κ3) is 3.68. The maximum absolute atomic E-state index is 12.5. The molecule has 0 unspecified atom stereocenters. The van der Waals surface area contributed by atoms with Gasteiger partial charge in [0.05, 0.1) is 19.5 Å². The predicted octanol–water partition coefficient (Wildman–Crippen LogP) is 4.36. The summed E-state index contributed by atoms with van der Waals surface area (Å²) in [5.74, 6) is -0.368. The molecule has 0 radical (unpaired) electrons. The number of nitrogens with zero attached hydrogens (tertiary/aromatic N) is 3. The molecule has 0 saturated carbocycles. The second kappa shape index (κ2) is 6.76. The van der Waals surface area contributed by atoms with Crippen molar-refractivity contribution in [3.63, 3.8) is 0 Å². The quantitative estimate of drug-likeness (QED) is 0.702. The summed E-state index contributed by atoms with van der Waals surface area (Å²) in [6.07, 6.45) is -1.18. The fourth-order valence-electron chi connectivity index (χ4n) is 2.17. The van der Waals surface area contributed by atoms with Gasteiger partial charge in [0.2, 0.25) is 11.7 Å². The Bertz CT molecular complexity index is 868. The number of alkyl halides is 3. The summed E-state index contributed by atoms with van der Waals surface area (Å²) in [6.45, 7) is 0. The van der Waals surface area contributed by atoms with Gasteiger partial charge in [-0.25, -0.2) is 15.0 Å². The lowest BCUT2D eigenvalue weighted by atomic mass is 10.1. The van der Waals surface area contributed by atoms with E-state index in [1.165, 1.54) is 6.20 Å². The van der Waals surface area contributed by atoms with Gasteiger partial charge in [-0.15, -0.1) is 0 Å². The van der Waals surface area contributed by atoms with Crippen LogP contribution in [0.25, 0.3) is 11.1 Å². The smallest absolute Gasteiger partial charge is 0.451 e. The fourth-order valence-corrected chi connectivity index (χ4v) is 2.17. The minimum absolute atomic E-state index is 0.0443. The maximum Gasteiger partial charge on any atom is 0.451 e. The van der Waals surface area contributed by atoms with Gasteiger partial charge in [0.25, 0.3) is 0 Å². The molecular formula is C17H12F3N3O2. The Balaban J connectivity index is 1.94. The Morgan fingerprint density at radius 1 is 0.880 bits per heavy atom. The van der Waals surface area contributed by atoms with E-state index in [1.807, 2.05) is 18.2 Å². The Morgan fingerprint density at radius 3 is 2.24 bits per heavy atom. The molecule has 0 aliphatic heterocycles. The van der Waals surface area contributed by atoms with Gasteiger partial charge in [0.1, 0.15) is 5.75 Å². The third-order valence-corrected chi connectivity index (χ3v) is 3.26. The van der Waals surface area contributed by atoms with Gasteiger partial charge in [-0.05, 0) is 18.2 Å². The monoisotopic (exact) mass is 347 g/mol. The Labute approximate surface area is 141 Å². The average Bonchev–Trinajstić information content (AvgIpc) is 2.62. The van der Waals surface area contributed by atoms with Crippen molar-refractivity contribution in [1.29, 1.82) is 0 Å². The topological polar surface area (TPSA) is 57.1 Å². The van der Waals surface area contributed by atoms with Crippen molar-refractivity contribution >= 4 is 0 Å². The van der Waals surface area contributed by atoms with Crippen LogP contribution in [0.4, 0.5) is 13.2 Å². The Hall–Kier alpha value is -3.16. The minimum Gasteiger partial charge on any atom is -0.496 e. The summed E-state index contributed by atoms with van der Waals surface area (Å²) in [6, 6.07) is 10.8. The SMILES string of the molecule is COc1ccccc1-c1cccnc1Oc1cnc(C(F)(F)F)nc1. The first-order valence-corrected chi connectivity index (χ1v) is 7.14. The lowest BCUT2D eigenvalue weighted by molar-refractivity contribution is -0.145. The molecule has 0 spiro atoms. The molecule has 0 atom stereocenters. The molecule has 3 rings (SSSR count). The van der Waals surface area contributed by atoms with Gasteiger partial charge in [-0.2, -0.15) is 13.2 Å². The Morgan fingerprint density at radius 2 is 1.56 bits per heavy atom. The number of ether oxygens (including phenoxy) is 2. The number of para-hydroxylation sites is 1.